The number of para-hydroxylation sites is 1. The van der Waals surface area contributed by atoms with E-state index in [1.165, 1.54) is 12.7 Å². The summed E-state index contributed by atoms with van der Waals surface area (Å²) in [6.07, 6.45) is -0.685. The van der Waals surface area contributed by atoms with Crippen LogP contribution in [0.5, 0.6) is 0 Å². The van der Waals surface area contributed by atoms with Gasteiger partial charge in [0, 0.05) is 0 Å². The summed E-state index contributed by atoms with van der Waals surface area (Å²) < 4.78 is 5.08. The fourth-order valence-electron chi connectivity index (χ4n) is 4.35. The van der Waals surface area contributed by atoms with Gasteiger partial charge in [-0.25, -0.2) is 9.86 Å². The number of ether oxygens (including phenoxy) is 1. The molecule has 1 fully saturated rings. The standard InChI is InChI=1S/C23H19NO3/c1-26-23(25)22-20-18-13-7-5-11-16(18)17-12-6-8-14-19(17)21(20)24(27-22)15-9-3-2-4-10-15/h2-14,20-22H,1H3/t20-,21+,22+/m1/s1. The number of fused-ring (bicyclic) bond motifs is 6. The third kappa shape index (κ3) is 2.37. The summed E-state index contributed by atoms with van der Waals surface area (Å²) >= 11 is 0. The number of rotatable bonds is 2. The molecule has 3 atom stereocenters. The molecule has 0 saturated carbocycles. The predicted molar refractivity (Wildman–Crippen MR) is 103 cm³/mol. The number of anilines is 1. The second kappa shape index (κ2) is 6.25. The van der Waals surface area contributed by atoms with Crippen molar-refractivity contribution in [3.8, 4) is 11.1 Å². The van der Waals surface area contributed by atoms with E-state index in [2.05, 4.69) is 30.3 Å². The molecular weight excluding hydrogens is 338 g/mol. The van der Waals surface area contributed by atoms with Gasteiger partial charge >= 0.3 is 5.97 Å². The molecule has 3 aromatic rings. The van der Waals surface area contributed by atoms with Crippen LogP contribution in [0.3, 0.4) is 0 Å². The van der Waals surface area contributed by atoms with E-state index in [0.717, 1.165) is 22.4 Å². The monoisotopic (exact) mass is 357 g/mol. The van der Waals surface area contributed by atoms with E-state index < -0.39 is 6.10 Å². The number of hydrogen-bond donors (Lipinski definition) is 0. The van der Waals surface area contributed by atoms with Crippen molar-refractivity contribution < 1.29 is 14.4 Å². The molecule has 0 bridgehead atoms. The number of esters is 1. The van der Waals surface area contributed by atoms with Crippen molar-refractivity contribution in [2.45, 2.75) is 18.1 Å². The van der Waals surface area contributed by atoms with E-state index in [1.807, 2.05) is 53.6 Å². The molecular formula is C23H19NO3. The second-order valence-electron chi connectivity index (χ2n) is 6.86. The van der Waals surface area contributed by atoms with Crippen LogP contribution in [0.15, 0.2) is 78.9 Å². The highest BCUT2D eigenvalue weighted by molar-refractivity contribution is 5.83. The van der Waals surface area contributed by atoms with Gasteiger partial charge in [-0.1, -0.05) is 66.7 Å². The fraction of sp³-hybridized carbons (Fsp3) is 0.174. The summed E-state index contributed by atoms with van der Waals surface area (Å²) in [5, 5.41) is 1.88. The molecule has 2 aliphatic rings. The van der Waals surface area contributed by atoms with E-state index in [9.17, 15) is 4.79 Å². The molecule has 27 heavy (non-hydrogen) atoms. The Bertz CT molecular complexity index is 1000. The predicted octanol–water partition coefficient (Wildman–Crippen LogP) is 4.49. The van der Waals surface area contributed by atoms with Gasteiger partial charge in [0.25, 0.3) is 0 Å². The Kier molecular flexibility index (Phi) is 3.73. The maximum absolute atomic E-state index is 12.6. The van der Waals surface area contributed by atoms with Gasteiger partial charge in [0.05, 0.1) is 24.8 Å². The lowest BCUT2D eigenvalue weighted by Gasteiger charge is -2.34. The first kappa shape index (κ1) is 16.1. The topological polar surface area (TPSA) is 38.8 Å². The third-order valence-electron chi connectivity index (χ3n) is 5.48. The van der Waals surface area contributed by atoms with E-state index in [4.69, 9.17) is 9.57 Å². The van der Waals surface area contributed by atoms with E-state index in [-0.39, 0.29) is 17.9 Å². The zero-order valence-electron chi connectivity index (χ0n) is 14.9. The van der Waals surface area contributed by atoms with Gasteiger partial charge in [-0.2, -0.15) is 0 Å². The van der Waals surface area contributed by atoms with Crippen LogP contribution < -0.4 is 5.06 Å². The molecule has 4 nitrogen and oxygen atoms in total. The van der Waals surface area contributed by atoms with Crippen LogP contribution in [0.25, 0.3) is 11.1 Å². The summed E-state index contributed by atoms with van der Waals surface area (Å²) in [4.78, 5) is 18.8. The first-order chi connectivity index (χ1) is 13.3. The molecule has 1 aliphatic carbocycles. The van der Waals surface area contributed by atoms with Gasteiger partial charge < -0.3 is 4.74 Å². The second-order valence-corrected chi connectivity index (χ2v) is 6.86. The van der Waals surface area contributed by atoms with Crippen molar-refractivity contribution in [3.05, 3.63) is 90.0 Å². The van der Waals surface area contributed by atoms with Crippen LogP contribution in [0, 0.1) is 0 Å². The molecule has 0 aromatic heterocycles. The molecule has 0 radical (unpaired) electrons. The van der Waals surface area contributed by atoms with Crippen molar-refractivity contribution in [2.24, 2.45) is 0 Å². The highest BCUT2D eigenvalue weighted by Gasteiger charge is 2.52. The van der Waals surface area contributed by atoms with E-state index >= 15 is 0 Å². The van der Waals surface area contributed by atoms with E-state index in [0.29, 0.717) is 0 Å². The summed E-state index contributed by atoms with van der Waals surface area (Å²) in [6, 6.07) is 26.4. The number of hydrogen-bond acceptors (Lipinski definition) is 4. The summed E-state index contributed by atoms with van der Waals surface area (Å²) in [5.41, 5.74) is 5.55. The molecule has 4 heteroatoms. The zero-order valence-corrected chi connectivity index (χ0v) is 14.9. The molecule has 0 spiro atoms. The smallest absolute Gasteiger partial charge is 0.338 e. The minimum Gasteiger partial charge on any atom is -0.467 e. The van der Waals surface area contributed by atoms with Crippen molar-refractivity contribution in [1.29, 1.82) is 0 Å². The van der Waals surface area contributed by atoms with Gasteiger partial charge in [0.1, 0.15) is 0 Å². The normalized spacial score (nSPS) is 22.6. The van der Waals surface area contributed by atoms with Crippen LogP contribution in [0.1, 0.15) is 23.1 Å². The summed E-state index contributed by atoms with van der Waals surface area (Å²) in [7, 11) is 1.41. The quantitative estimate of drug-likeness (QED) is 0.634. The Balaban J connectivity index is 1.75. The summed E-state index contributed by atoms with van der Waals surface area (Å²) in [5.74, 6) is -0.485. The van der Waals surface area contributed by atoms with Crippen LogP contribution in [-0.2, 0) is 14.4 Å². The number of methoxy groups -OCH3 is 1. The molecule has 5 rings (SSSR count). The number of benzene rings is 3. The van der Waals surface area contributed by atoms with Crippen molar-refractivity contribution in [3.63, 3.8) is 0 Å². The Labute approximate surface area is 157 Å². The molecule has 1 saturated heterocycles. The van der Waals surface area contributed by atoms with Gasteiger partial charge in [-0.15, -0.1) is 0 Å². The average Bonchev–Trinajstić information content (AvgIpc) is 3.15. The molecule has 3 aromatic carbocycles. The maximum Gasteiger partial charge on any atom is 0.338 e. The first-order valence-corrected chi connectivity index (χ1v) is 9.06. The highest BCUT2D eigenvalue weighted by Crippen LogP contribution is 2.55. The lowest BCUT2D eigenvalue weighted by atomic mass is 9.73. The molecule has 1 heterocycles. The van der Waals surface area contributed by atoms with Crippen molar-refractivity contribution >= 4 is 11.7 Å². The van der Waals surface area contributed by atoms with Gasteiger partial charge in [0.2, 0.25) is 0 Å². The molecule has 0 N–H and O–H groups in total. The van der Waals surface area contributed by atoms with Crippen molar-refractivity contribution in [1.82, 2.24) is 0 Å². The number of carbonyl (C=O) groups is 1. The fourth-order valence-corrected chi connectivity index (χ4v) is 4.35. The minimum absolute atomic E-state index is 0.0948. The Morgan fingerprint density at radius 3 is 2.15 bits per heavy atom. The summed E-state index contributed by atoms with van der Waals surface area (Å²) in [6.45, 7) is 0. The van der Waals surface area contributed by atoms with Crippen LogP contribution >= 0.6 is 0 Å². The lowest BCUT2D eigenvalue weighted by molar-refractivity contribution is -0.152. The van der Waals surface area contributed by atoms with Crippen LogP contribution in [-0.4, -0.2) is 19.2 Å². The minimum atomic E-state index is -0.685. The Hall–Kier alpha value is -3.11. The lowest BCUT2D eigenvalue weighted by Crippen LogP contribution is -2.29. The zero-order chi connectivity index (χ0) is 18.4. The number of carbonyl (C=O) groups excluding carboxylic acids is 1. The largest absolute Gasteiger partial charge is 0.467 e. The Morgan fingerprint density at radius 2 is 1.44 bits per heavy atom. The first-order valence-electron chi connectivity index (χ1n) is 9.06. The number of hydroxylamine groups is 1. The SMILES string of the molecule is COC(=O)[C@H]1ON(c2ccccc2)[C@H]2c3ccccc3-c3ccccc3[C@@H]12. The van der Waals surface area contributed by atoms with E-state index in [1.54, 1.807) is 0 Å². The molecule has 0 amide bonds. The van der Waals surface area contributed by atoms with Gasteiger partial charge in [-0.05, 0) is 34.4 Å². The average molecular weight is 357 g/mol. The maximum atomic E-state index is 12.6. The molecule has 0 unspecified atom stereocenters. The van der Waals surface area contributed by atoms with Crippen molar-refractivity contribution in [2.75, 3.05) is 12.2 Å². The Morgan fingerprint density at radius 1 is 0.852 bits per heavy atom. The number of nitrogens with zero attached hydrogens (tertiary/aromatic N) is 1. The van der Waals surface area contributed by atoms with Crippen LogP contribution in [0.4, 0.5) is 5.69 Å². The van der Waals surface area contributed by atoms with Crippen LogP contribution in [0.2, 0.25) is 0 Å². The van der Waals surface area contributed by atoms with Gasteiger partial charge in [-0.3, -0.25) is 4.84 Å². The van der Waals surface area contributed by atoms with Gasteiger partial charge in [0.15, 0.2) is 6.10 Å². The molecule has 134 valence electrons. The molecule has 1 aliphatic heterocycles. The third-order valence-corrected chi connectivity index (χ3v) is 5.48. The highest BCUT2D eigenvalue weighted by atomic mass is 16.7.